The molecule has 5 heteroatoms. The Bertz CT molecular complexity index is 837. The minimum atomic E-state index is -0.185. The van der Waals surface area contributed by atoms with E-state index in [2.05, 4.69) is 10.3 Å². The van der Waals surface area contributed by atoms with E-state index < -0.39 is 0 Å². The number of carbonyl (C=O) groups excluding carboxylic acids is 1. The standard InChI is InChI=1S/C18H19N3O2/c1-12-4-9-17-20-16(11-21(17)10-12)18(22)19-13(2)14-5-7-15(23-3)8-6-14/h4-11,13H,1-3H3,(H,19,22)/t13-/m0/s1. The average Bonchev–Trinajstić information content (AvgIpc) is 2.98. The molecular formula is C18H19N3O2. The number of aryl methyl sites for hydroxylation is 1. The molecule has 0 saturated carbocycles. The second kappa shape index (κ2) is 6.12. The average molecular weight is 309 g/mol. The van der Waals surface area contributed by atoms with Crippen LogP contribution in [0.25, 0.3) is 5.65 Å². The molecule has 3 rings (SSSR count). The SMILES string of the molecule is COc1ccc([C@H](C)NC(=O)c2cn3cc(C)ccc3n2)cc1. The van der Waals surface area contributed by atoms with Gasteiger partial charge in [0.05, 0.1) is 13.2 Å². The number of hydrogen-bond donors (Lipinski definition) is 1. The normalized spacial score (nSPS) is 12.1. The molecule has 0 fully saturated rings. The number of methoxy groups -OCH3 is 1. The largest absolute Gasteiger partial charge is 0.497 e. The third-order valence-corrected chi connectivity index (χ3v) is 3.79. The highest BCUT2D eigenvalue weighted by molar-refractivity contribution is 5.93. The number of aromatic nitrogens is 2. The van der Waals surface area contributed by atoms with Crippen molar-refractivity contribution in [3.8, 4) is 5.75 Å². The molecule has 23 heavy (non-hydrogen) atoms. The van der Waals surface area contributed by atoms with Crippen LogP contribution in [-0.2, 0) is 0 Å². The molecule has 1 amide bonds. The van der Waals surface area contributed by atoms with Gasteiger partial charge in [-0.1, -0.05) is 18.2 Å². The molecule has 3 aromatic rings. The van der Waals surface area contributed by atoms with Crippen molar-refractivity contribution >= 4 is 11.6 Å². The smallest absolute Gasteiger partial charge is 0.271 e. The maximum absolute atomic E-state index is 12.4. The number of ether oxygens (including phenoxy) is 1. The van der Waals surface area contributed by atoms with Crippen molar-refractivity contribution in [2.45, 2.75) is 19.9 Å². The van der Waals surface area contributed by atoms with Crippen molar-refractivity contribution in [2.24, 2.45) is 0 Å². The van der Waals surface area contributed by atoms with Crippen molar-refractivity contribution in [1.29, 1.82) is 0 Å². The van der Waals surface area contributed by atoms with Gasteiger partial charge in [0.2, 0.25) is 0 Å². The van der Waals surface area contributed by atoms with Crippen LogP contribution in [0.1, 0.15) is 34.6 Å². The second-order valence-electron chi connectivity index (χ2n) is 5.57. The first-order valence-electron chi connectivity index (χ1n) is 7.47. The Labute approximate surface area is 134 Å². The Morgan fingerprint density at radius 2 is 1.91 bits per heavy atom. The van der Waals surface area contributed by atoms with E-state index in [0.717, 1.165) is 22.5 Å². The Balaban J connectivity index is 1.76. The summed E-state index contributed by atoms with van der Waals surface area (Å²) < 4.78 is 7.01. The summed E-state index contributed by atoms with van der Waals surface area (Å²) in [5, 5.41) is 2.97. The molecule has 0 radical (unpaired) electrons. The maximum atomic E-state index is 12.4. The van der Waals surface area contributed by atoms with Crippen LogP contribution >= 0.6 is 0 Å². The zero-order valence-electron chi connectivity index (χ0n) is 13.4. The van der Waals surface area contributed by atoms with Crippen molar-refractivity contribution in [3.05, 3.63) is 65.6 Å². The van der Waals surface area contributed by atoms with Crippen molar-refractivity contribution in [3.63, 3.8) is 0 Å². The highest BCUT2D eigenvalue weighted by atomic mass is 16.5. The lowest BCUT2D eigenvalue weighted by Gasteiger charge is -2.13. The molecule has 1 aromatic carbocycles. The fourth-order valence-corrected chi connectivity index (χ4v) is 2.46. The van der Waals surface area contributed by atoms with Gasteiger partial charge in [-0.15, -0.1) is 0 Å². The number of nitrogens with zero attached hydrogens (tertiary/aromatic N) is 2. The maximum Gasteiger partial charge on any atom is 0.271 e. The van der Waals surface area contributed by atoms with E-state index in [-0.39, 0.29) is 11.9 Å². The molecule has 0 spiro atoms. The van der Waals surface area contributed by atoms with Gasteiger partial charge in [-0.2, -0.15) is 0 Å². The molecule has 2 aromatic heterocycles. The fraction of sp³-hybridized carbons (Fsp3) is 0.222. The van der Waals surface area contributed by atoms with E-state index >= 15 is 0 Å². The summed E-state index contributed by atoms with van der Waals surface area (Å²) in [6.07, 6.45) is 3.70. The second-order valence-corrected chi connectivity index (χ2v) is 5.57. The Kier molecular flexibility index (Phi) is 4.02. The minimum absolute atomic E-state index is 0.111. The van der Waals surface area contributed by atoms with Gasteiger partial charge in [-0.3, -0.25) is 4.79 Å². The summed E-state index contributed by atoms with van der Waals surface area (Å²) in [4.78, 5) is 16.8. The van der Waals surface area contributed by atoms with E-state index in [1.54, 1.807) is 13.3 Å². The quantitative estimate of drug-likeness (QED) is 0.805. The molecule has 1 atom stereocenters. The number of benzene rings is 1. The molecular weight excluding hydrogens is 290 g/mol. The predicted molar refractivity (Wildman–Crippen MR) is 88.8 cm³/mol. The van der Waals surface area contributed by atoms with Crippen LogP contribution in [0.4, 0.5) is 0 Å². The van der Waals surface area contributed by atoms with Gasteiger partial charge in [0.15, 0.2) is 0 Å². The summed E-state index contributed by atoms with van der Waals surface area (Å²) in [5.74, 6) is 0.609. The van der Waals surface area contributed by atoms with Crippen LogP contribution in [-0.4, -0.2) is 22.4 Å². The lowest BCUT2D eigenvalue weighted by atomic mass is 10.1. The van der Waals surface area contributed by atoms with Crippen LogP contribution in [0.5, 0.6) is 5.75 Å². The number of pyridine rings is 1. The topological polar surface area (TPSA) is 55.6 Å². The van der Waals surface area contributed by atoms with Gasteiger partial charge in [0, 0.05) is 12.4 Å². The van der Waals surface area contributed by atoms with Crippen LogP contribution in [0.3, 0.4) is 0 Å². The van der Waals surface area contributed by atoms with Crippen LogP contribution in [0, 0.1) is 6.92 Å². The number of carbonyl (C=O) groups is 1. The number of hydrogen-bond acceptors (Lipinski definition) is 3. The van der Waals surface area contributed by atoms with E-state index in [1.807, 2.05) is 60.8 Å². The zero-order valence-corrected chi connectivity index (χ0v) is 13.4. The Hall–Kier alpha value is -2.82. The third-order valence-electron chi connectivity index (χ3n) is 3.79. The molecule has 5 nitrogen and oxygen atoms in total. The monoisotopic (exact) mass is 309 g/mol. The van der Waals surface area contributed by atoms with E-state index in [1.165, 1.54) is 0 Å². The predicted octanol–water partition coefficient (Wildman–Crippen LogP) is 3.14. The summed E-state index contributed by atoms with van der Waals surface area (Å²) in [6, 6.07) is 11.4. The van der Waals surface area contributed by atoms with E-state index in [4.69, 9.17) is 4.74 Å². The highest BCUT2D eigenvalue weighted by Gasteiger charge is 2.14. The van der Waals surface area contributed by atoms with Crippen LogP contribution < -0.4 is 10.1 Å². The van der Waals surface area contributed by atoms with Gasteiger partial charge >= 0.3 is 0 Å². The van der Waals surface area contributed by atoms with Gasteiger partial charge in [0.1, 0.15) is 17.1 Å². The minimum Gasteiger partial charge on any atom is -0.497 e. The Morgan fingerprint density at radius 3 is 2.61 bits per heavy atom. The third kappa shape index (κ3) is 3.18. The molecule has 0 aliphatic heterocycles. The first-order valence-corrected chi connectivity index (χ1v) is 7.47. The zero-order chi connectivity index (χ0) is 16.4. The molecule has 1 N–H and O–H groups in total. The van der Waals surface area contributed by atoms with Crippen LogP contribution in [0.2, 0.25) is 0 Å². The lowest BCUT2D eigenvalue weighted by Crippen LogP contribution is -2.26. The molecule has 0 saturated heterocycles. The molecule has 0 unspecified atom stereocenters. The highest BCUT2D eigenvalue weighted by Crippen LogP contribution is 2.18. The lowest BCUT2D eigenvalue weighted by molar-refractivity contribution is 0.0935. The molecule has 2 heterocycles. The van der Waals surface area contributed by atoms with E-state index in [0.29, 0.717) is 5.69 Å². The van der Waals surface area contributed by atoms with Crippen molar-refractivity contribution < 1.29 is 9.53 Å². The summed E-state index contributed by atoms with van der Waals surface area (Å²) >= 11 is 0. The summed E-state index contributed by atoms with van der Waals surface area (Å²) in [5.41, 5.74) is 3.31. The van der Waals surface area contributed by atoms with Gasteiger partial charge in [-0.05, 0) is 43.2 Å². The fourth-order valence-electron chi connectivity index (χ4n) is 2.46. The first-order chi connectivity index (χ1) is 11.1. The van der Waals surface area contributed by atoms with E-state index in [9.17, 15) is 4.79 Å². The molecule has 0 bridgehead atoms. The Morgan fingerprint density at radius 1 is 1.17 bits per heavy atom. The van der Waals surface area contributed by atoms with Crippen molar-refractivity contribution in [2.75, 3.05) is 7.11 Å². The number of amides is 1. The number of rotatable bonds is 4. The molecule has 118 valence electrons. The number of imidazole rings is 1. The number of nitrogens with one attached hydrogen (secondary N) is 1. The van der Waals surface area contributed by atoms with Gasteiger partial charge in [0.25, 0.3) is 5.91 Å². The van der Waals surface area contributed by atoms with Gasteiger partial charge in [-0.25, -0.2) is 4.98 Å². The summed E-state index contributed by atoms with van der Waals surface area (Å²) in [6.45, 7) is 3.95. The number of fused-ring (bicyclic) bond motifs is 1. The molecule has 0 aliphatic rings. The van der Waals surface area contributed by atoms with Crippen LogP contribution in [0.15, 0.2) is 48.8 Å². The van der Waals surface area contributed by atoms with Crippen molar-refractivity contribution in [1.82, 2.24) is 14.7 Å². The first kappa shape index (κ1) is 15.1. The summed E-state index contributed by atoms with van der Waals surface area (Å²) in [7, 11) is 1.63. The molecule has 0 aliphatic carbocycles. The van der Waals surface area contributed by atoms with Gasteiger partial charge < -0.3 is 14.5 Å².